The highest BCUT2D eigenvalue weighted by Gasteiger charge is 2.20. The van der Waals surface area contributed by atoms with Gasteiger partial charge in [-0.2, -0.15) is 5.26 Å². The van der Waals surface area contributed by atoms with Crippen molar-refractivity contribution in [3.05, 3.63) is 77.5 Å². The molecule has 28 heavy (non-hydrogen) atoms. The Labute approximate surface area is 164 Å². The van der Waals surface area contributed by atoms with Gasteiger partial charge in [0.15, 0.2) is 0 Å². The van der Waals surface area contributed by atoms with Gasteiger partial charge in [0.05, 0.1) is 17.1 Å². The Morgan fingerprint density at radius 3 is 2.71 bits per heavy atom. The van der Waals surface area contributed by atoms with Crippen LogP contribution in [0.3, 0.4) is 0 Å². The lowest BCUT2D eigenvalue weighted by molar-refractivity contribution is 0.0926. The van der Waals surface area contributed by atoms with Crippen LogP contribution < -0.4 is 11.1 Å². The van der Waals surface area contributed by atoms with Crippen molar-refractivity contribution in [1.82, 2.24) is 9.88 Å². The van der Waals surface area contributed by atoms with E-state index in [-0.39, 0.29) is 11.9 Å². The minimum atomic E-state index is -0.0783. The van der Waals surface area contributed by atoms with Gasteiger partial charge in [-0.15, -0.1) is 0 Å². The van der Waals surface area contributed by atoms with Gasteiger partial charge in [0, 0.05) is 23.7 Å². The molecule has 1 aromatic heterocycles. The van der Waals surface area contributed by atoms with Crippen molar-refractivity contribution in [2.75, 3.05) is 5.73 Å². The van der Waals surface area contributed by atoms with E-state index in [0.29, 0.717) is 23.5 Å². The molecule has 1 aliphatic carbocycles. The number of hydrogen-bond acceptors (Lipinski definition) is 3. The summed E-state index contributed by atoms with van der Waals surface area (Å²) in [5, 5.41) is 13.4. The summed E-state index contributed by atoms with van der Waals surface area (Å²) < 4.78 is 1.98. The molecular formula is C23H22N4O. The lowest BCUT2D eigenvalue weighted by Gasteiger charge is -2.20. The topological polar surface area (TPSA) is 83.8 Å². The van der Waals surface area contributed by atoms with Crippen LogP contribution in [-0.4, -0.2) is 16.5 Å². The summed E-state index contributed by atoms with van der Waals surface area (Å²) in [4.78, 5) is 13.1. The summed E-state index contributed by atoms with van der Waals surface area (Å²) >= 11 is 0. The number of nitrogens with zero attached hydrogens (tertiary/aromatic N) is 2. The summed E-state index contributed by atoms with van der Waals surface area (Å²) in [6, 6.07) is 17.4. The second kappa shape index (κ2) is 7.61. The molecule has 0 saturated carbocycles. The molecule has 0 bridgehead atoms. The molecule has 0 radical (unpaired) electrons. The molecule has 1 heterocycles. The molecule has 1 unspecified atom stereocenters. The zero-order valence-electron chi connectivity index (χ0n) is 15.6. The number of rotatable bonds is 4. The number of nitrogens with one attached hydrogen (secondary N) is 1. The largest absolute Gasteiger partial charge is 0.399 e. The highest BCUT2D eigenvalue weighted by atomic mass is 16.2. The lowest BCUT2D eigenvalue weighted by atomic mass is 10.0. The first kappa shape index (κ1) is 17.9. The molecule has 1 atom stereocenters. The highest BCUT2D eigenvalue weighted by Crippen LogP contribution is 2.24. The average molecular weight is 370 g/mol. The molecule has 5 heteroatoms. The van der Waals surface area contributed by atoms with Crippen molar-refractivity contribution < 1.29 is 4.79 Å². The van der Waals surface area contributed by atoms with E-state index >= 15 is 0 Å². The Morgan fingerprint density at radius 1 is 1.18 bits per heavy atom. The Bertz CT molecular complexity index is 1090. The third kappa shape index (κ3) is 3.63. The summed E-state index contributed by atoms with van der Waals surface area (Å²) in [5.74, 6) is -0.0783. The van der Waals surface area contributed by atoms with E-state index in [0.717, 1.165) is 35.7 Å². The van der Waals surface area contributed by atoms with Crippen LogP contribution in [0.4, 0.5) is 5.69 Å². The van der Waals surface area contributed by atoms with Gasteiger partial charge < -0.3 is 15.6 Å². The van der Waals surface area contributed by atoms with Gasteiger partial charge in [-0.25, -0.2) is 0 Å². The molecular weight excluding hydrogens is 348 g/mol. The Balaban J connectivity index is 1.73. The van der Waals surface area contributed by atoms with Crippen molar-refractivity contribution in [1.29, 1.82) is 5.26 Å². The van der Waals surface area contributed by atoms with Crippen LogP contribution in [0.15, 0.2) is 60.7 Å². The number of nitrogens with two attached hydrogens (primary N) is 1. The molecule has 3 aromatic rings. The van der Waals surface area contributed by atoms with E-state index in [4.69, 9.17) is 5.73 Å². The predicted octanol–water partition coefficient (Wildman–Crippen LogP) is 3.98. The molecule has 4 rings (SSSR count). The number of benzene rings is 2. The number of nitrogen functional groups attached to an aromatic ring is 1. The van der Waals surface area contributed by atoms with Gasteiger partial charge >= 0.3 is 0 Å². The van der Waals surface area contributed by atoms with Gasteiger partial charge in [0.1, 0.15) is 5.69 Å². The van der Waals surface area contributed by atoms with Crippen LogP contribution in [0.2, 0.25) is 0 Å². The van der Waals surface area contributed by atoms with E-state index in [2.05, 4.69) is 23.5 Å². The maximum Gasteiger partial charge on any atom is 0.268 e. The molecule has 140 valence electrons. The fourth-order valence-corrected chi connectivity index (χ4v) is 3.67. The standard InChI is InChI=1S/C23H22N4O/c24-14-17-6-9-18-13-22(23(28)26-20-4-2-1-3-5-20)27(21(18)12-17)15-16-7-10-19(25)11-8-16/h1-2,6-13,20H,3-5,15,25H2,(H,26,28). The minimum absolute atomic E-state index is 0.0783. The van der Waals surface area contributed by atoms with Crippen molar-refractivity contribution in [3.63, 3.8) is 0 Å². The fourth-order valence-electron chi connectivity index (χ4n) is 3.67. The molecule has 0 saturated heterocycles. The summed E-state index contributed by atoms with van der Waals surface area (Å²) in [6.45, 7) is 0.534. The Hall–Kier alpha value is -3.52. The van der Waals surface area contributed by atoms with E-state index in [1.54, 1.807) is 6.07 Å². The zero-order chi connectivity index (χ0) is 19.5. The Morgan fingerprint density at radius 2 is 2.00 bits per heavy atom. The SMILES string of the molecule is N#Cc1ccc2cc(C(=O)NC3CC=CCC3)n(Cc3ccc(N)cc3)c2c1. The van der Waals surface area contributed by atoms with Crippen LogP contribution in [0.1, 0.15) is 40.9 Å². The monoisotopic (exact) mass is 370 g/mol. The van der Waals surface area contributed by atoms with E-state index < -0.39 is 0 Å². The zero-order valence-corrected chi connectivity index (χ0v) is 15.6. The number of allylic oxidation sites excluding steroid dienone is 1. The maximum absolute atomic E-state index is 13.1. The van der Waals surface area contributed by atoms with Gasteiger partial charge in [-0.3, -0.25) is 4.79 Å². The minimum Gasteiger partial charge on any atom is -0.399 e. The summed E-state index contributed by atoms with van der Waals surface area (Å²) in [5.41, 5.74) is 9.61. The molecule has 2 aromatic carbocycles. The third-order valence-electron chi connectivity index (χ3n) is 5.19. The fraction of sp³-hybridized carbons (Fsp3) is 0.217. The first-order valence-electron chi connectivity index (χ1n) is 9.48. The molecule has 5 nitrogen and oxygen atoms in total. The van der Waals surface area contributed by atoms with Gasteiger partial charge in [0.2, 0.25) is 0 Å². The third-order valence-corrected chi connectivity index (χ3v) is 5.19. The quantitative estimate of drug-likeness (QED) is 0.538. The highest BCUT2D eigenvalue weighted by molar-refractivity contribution is 5.99. The number of carbonyl (C=O) groups is 1. The molecule has 1 aliphatic rings. The smallest absolute Gasteiger partial charge is 0.268 e. The van der Waals surface area contributed by atoms with Gasteiger partial charge in [-0.05, 0) is 55.2 Å². The van der Waals surface area contributed by atoms with Gasteiger partial charge in [0.25, 0.3) is 5.91 Å². The number of amides is 1. The van der Waals surface area contributed by atoms with Crippen molar-refractivity contribution in [3.8, 4) is 6.07 Å². The summed E-state index contributed by atoms with van der Waals surface area (Å²) in [6.07, 6.45) is 7.09. The molecule has 0 fully saturated rings. The average Bonchev–Trinajstić information content (AvgIpc) is 3.08. The van der Waals surface area contributed by atoms with Crippen LogP contribution in [0.25, 0.3) is 10.9 Å². The van der Waals surface area contributed by atoms with Crippen LogP contribution in [0.5, 0.6) is 0 Å². The van der Waals surface area contributed by atoms with E-state index in [1.807, 2.05) is 47.0 Å². The van der Waals surface area contributed by atoms with Crippen LogP contribution >= 0.6 is 0 Å². The van der Waals surface area contributed by atoms with Crippen LogP contribution in [-0.2, 0) is 6.54 Å². The number of aromatic nitrogens is 1. The molecule has 3 N–H and O–H groups in total. The lowest BCUT2D eigenvalue weighted by Crippen LogP contribution is -2.36. The number of hydrogen-bond donors (Lipinski definition) is 2. The first-order chi connectivity index (χ1) is 13.6. The van der Waals surface area contributed by atoms with E-state index in [1.165, 1.54) is 0 Å². The second-order valence-electron chi connectivity index (χ2n) is 7.20. The first-order valence-corrected chi connectivity index (χ1v) is 9.48. The maximum atomic E-state index is 13.1. The van der Waals surface area contributed by atoms with Crippen molar-refractivity contribution in [2.24, 2.45) is 0 Å². The van der Waals surface area contributed by atoms with Crippen molar-refractivity contribution >= 4 is 22.5 Å². The number of fused-ring (bicyclic) bond motifs is 1. The van der Waals surface area contributed by atoms with Gasteiger partial charge in [-0.1, -0.05) is 30.4 Å². The molecule has 1 amide bonds. The van der Waals surface area contributed by atoms with Crippen molar-refractivity contribution in [2.45, 2.75) is 31.8 Å². The van der Waals surface area contributed by atoms with Crippen LogP contribution in [0, 0.1) is 11.3 Å². The predicted molar refractivity (Wildman–Crippen MR) is 111 cm³/mol. The second-order valence-corrected chi connectivity index (χ2v) is 7.20. The number of anilines is 1. The summed E-state index contributed by atoms with van der Waals surface area (Å²) in [7, 11) is 0. The Kier molecular flexibility index (Phi) is 4.86. The number of nitriles is 1. The normalized spacial score (nSPS) is 16.0. The number of carbonyl (C=O) groups excluding carboxylic acids is 1. The molecule has 0 spiro atoms. The molecule has 0 aliphatic heterocycles. The van der Waals surface area contributed by atoms with E-state index in [9.17, 15) is 10.1 Å².